The summed E-state index contributed by atoms with van der Waals surface area (Å²) in [5, 5.41) is 25.9. The van der Waals surface area contributed by atoms with E-state index in [1.807, 2.05) is 0 Å². The van der Waals surface area contributed by atoms with Crippen molar-refractivity contribution in [1.82, 2.24) is 0 Å². The number of aliphatic hydroxyl groups excluding tert-OH is 1. The van der Waals surface area contributed by atoms with Crippen molar-refractivity contribution >= 4 is 5.97 Å². The van der Waals surface area contributed by atoms with Gasteiger partial charge in [0.15, 0.2) is 6.29 Å². The van der Waals surface area contributed by atoms with Gasteiger partial charge in [-0.1, -0.05) is 12.1 Å². The normalized spacial score (nSPS) is 10.2. The fraction of sp³-hybridized carbons (Fsp3) is 0.125. The summed E-state index contributed by atoms with van der Waals surface area (Å²) in [6, 6.07) is 5.50. The van der Waals surface area contributed by atoms with Gasteiger partial charge >= 0.3 is 5.97 Å². The van der Waals surface area contributed by atoms with Gasteiger partial charge in [-0.25, -0.2) is 4.79 Å². The maximum atomic E-state index is 10.4. The number of carboxylic acid groups (broad SMARTS) is 1. The van der Waals surface area contributed by atoms with Crippen LogP contribution in [0.1, 0.15) is 22.2 Å². The molecule has 0 saturated heterocycles. The highest BCUT2D eigenvalue weighted by Crippen LogP contribution is 2.11. The summed E-state index contributed by atoms with van der Waals surface area (Å²) in [6.45, 7) is 0. The molecule has 0 atom stereocenters. The minimum absolute atomic E-state index is 0.0422. The molecule has 0 aromatic heterocycles. The summed E-state index contributed by atoms with van der Waals surface area (Å²) in [4.78, 5) is 10.4. The monoisotopic (exact) mass is 168 g/mol. The lowest BCUT2D eigenvalue weighted by Gasteiger charge is -2.03. The average Bonchev–Trinajstić information content (AvgIpc) is 2.04. The van der Waals surface area contributed by atoms with Crippen LogP contribution in [0, 0.1) is 0 Å². The third-order valence-electron chi connectivity index (χ3n) is 1.43. The second-order valence-electron chi connectivity index (χ2n) is 2.30. The molecule has 64 valence electrons. The molecule has 1 rings (SSSR count). The second kappa shape index (κ2) is 3.34. The van der Waals surface area contributed by atoms with Crippen LogP contribution in [0.5, 0.6) is 0 Å². The zero-order valence-electron chi connectivity index (χ0n) is 6.14. The Balaban J connectivity index is 3.04. The smallest absolute Gasteiger partial charge is 0.335 e. The first kappa shape index (κ1) is 8.70. The van der Waals surface area contributed by atoms with E-state index in [1.54, 1.807) is 0 Å². The van der Waals surface area contributed by atoms with Crippen molar-refractivity contribution in [3.05, 3.63) is 35.4 Å². The second-order valence-corrected chi connectivity index (χ2v) is 2.30. The van der Waals surface area contributed by atoms with Crippen LogP contribution >= 0.6 is 0 Å². The zero-order valence-corrected chi connectivity index (χ0v) is 6.14. The predicted octanol–water partition coefficient (Wildman–Crippen LogP) is 0.368. The first-order valence-corrected chi connectivity index (χ1v) is 3.30. The lowest BCUT2D eigenvalue weighted by Crippen LogP contribution is -2.00. The predicted molar refractivity (Wildman–Crippen MR) is 40.6 cm³/mol. The zero-order chi connectivity index (χ0) is 9.14. The summed E-state index contributed by atoms with van der Waals surface area (Å²) in [6.07, 6.45) is -1.62. The number of carbonyl (C=O) groups is 1. The molecule has 0 spiro atoms. The lowest BCUT2D eigenvalue weighted by molar-refractivity contribution is -0.0425. The number of benzene rings is 1. The SMILES string of the molecule is O=C(O)c1cccc(C(O)O)c1. The molecule has 0 aliphatic carbocycles. The highest BCUT2D eigenvalue weighted by molar-refractivity contribution is 5.87. The van der Waals surface area contributed by atoms with Crippen LogP contribution < -0.4 is 0 Å². The Kier molecular flexibility index (Phi) is 2.42. The summed E-state index contributed by atoms with van der Waals surface area (Å²) < 4.78 is 0. The minimum Gasteiger partial charge on any atom is -0.478 e. The third kappa shape index (κ3) is 1.81. The van der Waals surface area contributed by atoms with E-state index in [-0.39, 0.29) is 11.1 Å². The van der Waals surface area contributed by atoms with Gasteiger partial charge in [-0.2, -0.15) is 0 Å². The Labute approximate surface area is 68.7 Å². The van der Waals surface area contributed by atoms with Crippen molar-refractivity contribution in [3.63, 3.8) is 0 Å². The summed E-state index contributed by atoms with van der Waals surface area (Å²) in [7, 11) is 0. The molecular weight excluding hydrogens is 160 g/mol. The molecule has 12 heavy (non-hydrogen) atoms. The number of aliphatic hydroxyl groups is 2. The molecule has 0 bridgehead atoms. The number of hydrogen-bond acceptors (Lipinski definition) is 3. The van der Waals surface area contributed by atoms with Crippen LogP contribution in [0.15, 0.2) is 24.3 Å². The van der Waals surface area contributed by atoms with E-state index in [1.165, 1.54) is 24.3 Å². The molecule has 4 nitrogen and oxygen atoms in total. The van der Waals surface area contributed by atoms with E-state index in [9.17, 15) is 4.79 Å². The summed E-state index contributed by atoms with van der Waals surface area (Å²) in [5.74, 6) is -1.09. The van der Waals surface area contributed by atoms with Gasteiger partial charge in [-0.05, 0) is 12.1 Å². The molecule has 0 unspecified atom stereocenters. The molecule has 0 fully saturated rings. The maximum absolute atomic E-state index is 10.4. The summed E-state index contributed by atoms with van der Waals surface area (Å²) >= 11 is 0. The molecule has 3 N–H and O–H groups in total. The van der Waals surface area contributed by atoms with Crippen LogP contribution in [-0.4, -0.2) is 21.3 Å². The third-order valence-corrected chi connectivity index (χ3v) is 1.43. The van der Waals surface area contributed by atoms with Gasteiger partial charge in [-0.15, -0.1) is 0 Å². The lowest BCUT2D eigenvalue weighted by atomic mass is 10.1. The van der Waals surface area contributed by atoms with E-state index in [2.05, 4.69) is 0 Å². The average molecular weight is 168 g/mol. The van der Waals surface area contributed by atoms with Gasteiger partial charge < -0.3 is 15.3 Å². The van der Waals surface area contributed by atoms with Gasteiger partial charge in [0, 0.05) is 5.56 Å². The Morgan fingerprint density at radius 3 is 2.50 bits per heavy atom. The Hall–Kier alpha value is -1.39. The topological polar surface area (TPSA) is 77.8 Å². The first-order valence-electron chi connectivity index (χ1n) is 3.30. The molecular formula is C8H8O4. The van der Waals surface area contributed by atoms with Crippen LogP contribution in [0.25, 0.3) is 0 Å². The fourth-order valence-electron chi connectivity index (χ4n) is 0.832. The molecule has 0 saturated carbocycles. The van der Waals surface area contributed by atoms with E-state index in [4.69, 9.17) is 15.3 Å². The van der Waals surface area contributed by atoms with Crippen LogP contribution in [0.4, 0.5) is 0 Å². The van der Waals surface area contributed by atoms with E-state index >= 15 is 0 Å². The minimum atomic E-state index is -1.62. The highest BCUT2D eigenvalue weighted by Gasteiger charge is 2.06. The van der Waals surface area contributed by atoms with E-state index < -0.39 is 12.3 Å². The molecule has 1 aromatic rings. The van der Waals surface area contributed by atoms with Gasteiger partial charge in [0.25, 0.3) is 0 Å². The van der Waals surface area contributed by atoms with Gasteiger partial charge in [0.1, 0.15) is 0 Å². The standard InChI is InChI=1S/C8H8O4/c9-7(10)5-2-1-3-6(4-5)8(11)12/h1-4,7,9-10H,(H,11,12). The Morgan fingerprint density at radius 2 is 2.00 bits per heavy atom. The number of rotatable bonds is 2. The molecule has 0 aliphatic heterocycles. The molecule has 0 radical (unpaired) electrons. The highest BCUT2D eigenvalue weighted by atomic mass is 16.5. The van der Waals surface area contributed by atoms with Crippen molar-refractivity contribution in [1.29, 1.82) is 0 Å². The maximum Gasteiger partial charge on any atom is 0.335 e. The largest absolute Gasteiger partial charge is 0.478 e. The molecule has 0 aliphatic rings. The number of aromatic carboxylic acids is 1. The number of hydrogen-bond donors (Lipinski definition) is 3. The van der Waals surface area contributed by atoms with Crippen LogP contribution in [0.2, 0.25) is 0 Å². The quantitative estimate of drug-likeness (QED) is 0.557. The summed E-state index contributed by atoms with van der Waals surface area (Å²) in [5.41, 5.74) is 0.218. The van der Waals surface area contributed by atoms with Gasteiger partial charge in [0.2, 0.25) is 0 Å². The number of carboxylic acids is 1. The molecule has 4 heteroatoms. The van der Waals surface area contributed by atoms with Crippen molar-refractivity contribution < 1.29 is 20.1 Å². The first-order chi connectivity index (χ1) is 5.61. The van der Waals surface area contributed by atoms with Crippen molar-refractivity contribution in [2.75, 3.05) is 0 Å². The van der Waals surface area contributed by atoms with E-state index in [0.29, 0.717) is 0 Å². The Bertz CT molecular complexity index is 293. The fourth-order valence-corrected chi connectivity index (χ4v) is 0.832. The van der Waals surface area contributed by atoms with Crippen LogP contribution in [0.3, 0.4) is 0 Å². The van der Waals surface area contributed by atoms with Gasteiger partial charge in [-0.3, -0.25) is 0 Å². The molecule has 1 aromatic carbocycles. The molecule has 0 amide bonds. The Morgan fingerprint density at radius 1 is 1.33 bits per heavy atom. The van der Waals surface area contributed by atoms with E-state index in [0.717, 1.165) is 0 Å². The van der Waals surface area contributed by atoms with Crippen molar-refractivity contribution in [2.24, 2.45) is 0 Å². The van der Waals surface area contributed by atoms with Crippen molar-refractivity contribution in [3.8, 4) is 0 Å². The van der Waals surface area contributed by atoms with Gasteiger partial charge in [0.05, 0.1) is 5.56 Å². The van der Waals surface area contributed by atoms with Crippen LogP contribution in [-0.2, 0) is 0 Å². The molecule has 0 heterocycles. The van der Waals surface area contributed by atoms with Crippen molar-refractivity contribution in [2.45, 2.75) is 6.29 Å².